The molecule has 0 saturated carbocycles. The summed E-state index contributed by atoms with van der Waals surface area (Å²) in [4.78, 5) is 2.44. The van der Waals surface area contributed by atoms with E-state index in [0.29, 0.717) is 0 Å². The number of allylic oxidation sites excluding steroid dienone is 1. The number of unbranched alkanes of at least 4 members (excludes halogenated alkanes) is 4. The standard InChI is InChI=1S/C12H23N/c1-2-3-4-5-6-7-10-13-11-8-9-12-13/h7,10H,2-6,8-9,11-12H2,1H3. The summed E-state index contributed by atoms with van der Waals surface area (Å²) in [5, 5.41) is 0. The highest BCUT2D eigenvalue weighted by atomic mass is 15.1. The van der Waals surface area contributed by atoms with E-state index in [1.165, 1.54) is 58.0 Å². The fraction of sp³-hybridized carbons (Fsp3) is 0.833. The minimum Gasteiger partial charge on any atom is -0.378 e. The van der Waals surface area contributed by atoms with Crippen molar-refractivity contribution in [2.75, 3.05) is 13.1 Å². The normalized spacial score (nSPS) is 17.5. The third-order valence-corrected chi connectivity index (χ3v) is 2.68. The van der Waals surface area contributed by atoms with Crippen LogP contribution >= 0.6 is 0 Å². The van der Waals surface area contributed by atoms with Crippen LogP contribution in [-0.4, -0.2) is 18.0 Å². The monoisotopic (exact) mass is 181 g/mol. The van der Waals surface area contributed by atoms with Crippen LogP contribution < -0.4 is 0 Å². The van der Waals surface area contributed by atoms with Gasteiger partial charge in [0.2, 0.25) is 0 Å². The van der Waals surface area contributed by atoms with E-state index in [2.05, 4.69) is 24.1 Å². The molecule has 1 fully saturated rings. The van der Waals surface area contributed by atoms with Crippen LogP contribution in [0.25, 0.3) is 0 Å². The van der Waals surface area contributed by atoms with Crippen LogP contribution in [-0.2, 0) is 0 Å². The fourth-order valence-corrected chi connectivity index (χ4v) is 1.80. The van der Waals surface area contributed by atoms with Crippen molar-refractivity contribution in [2.24, 2.45) is 0 Å². The van der Waals surface area contributed by atoms with E-state index < -0.39 is 0 Å². The van der Waals surface area contributed by atoms with Gasteiger partial charge in [-0.05, 0) is 31.9 Å². The first-order valence-corrected chi connectivity index (χ1v) is 5.84. The van der Waals surface area contributed by atoms with Crippen LogP contribution in [0.1, 0.15) is 51.9 Å². The quantitative estimate of drug-likeness (QED) is 0.566. The predicted molar refractivity (Wildman–Crippen MR) is 58.7 cm³/mol. The van der Waals surface area contributed by atoms with Crippen molar-refractivity contribution in [1.82, 2.24) is 4.90 Å². The molecule has 0 bridgehead atoms. The molecule has 1 heteroatoms. The van der Waals surface area contributed by atoms with Gasteiger partial charge in [0.15, 0.2) is 0 Å². The Morgan fingerprint density at radius 2 is 1.85 bits per heavy atom. The second-order valence-corrected chi connectivity index (χ2v) is 3.98. The van der Waals surface area contributed by atoms with Crippen LogP contribution in [0.5, 0.6) is 0 Å². The fourth-order valence-electron chi connectivity index (χ4n) is 1.80. The molecule has 0 aromatic rings. The van der Waals surface area contributed by atoms with Gasteiger partial charge in [0, 0.05) is 13.1 Å². The topological polar surface area (TPSA) is 3.24 Å². The number of nitrogens with zero attached hydrogens (tertiary/aromatic N) is 1. The lowest BCUT2D eigenvalue weighted by Crippen LogP contribution is -2.09. The molecular formula is C12H23N. The van der Waals surface area contributed by atoms with Gasteiger partial charge >= 0.3 is 0 Å². The molecule has 1 nitrogen and oxygen atoms in total. The van der Waals surface area contributed by atoms with Crippen molar-refractivity contribution >= 4 is 0 Å². The van der Waals surface area contributed by atoms with Gasteiger partial charge in [-0.15, -0.1) is 0 Å². The highest BCUT2D eigenvalue weighted by Gasteiger charge is 2.05. The van der Waals surface area contributed by atoms with Crippen molar-refractivity contribution in [1.29, 1.82) is 0 Å². The zero-order valence-electron chi connectivity index (χ0n) is 8.97. The number of hydrogen-bond donors (Lipinski definition) is 0. The summed E-state index contributed by atoms with van der Waals surface area (Å²) in [6.07, 6.45) is 14.2. The van der Waals surface area contributed by atoms with E-state index in [1.54, 1.807) is 0 Å². The highest BCUT2D eigenvalue weighted by Crippen LogP contribution is 2.08. The lowest BCUT2D eigenvalue weighted by molar-refractivity contribution is 0.465. The zero-order valence-corrected chi connectivity index (χ0v) is 8.97. The molecule has 76 valence electrons. The van der Waals surface area contributed by atoms with E-state index >= 15 is 0 Å². The smallest absolute Gasteiger partial charge is 0.0173 e. The lowest BCUT2D eigenvalue weighted by atomic mass is 10.1. The Balaban J connectivity index is 1.91. The minimum atomic E-state index is 1.27. The maximum atomic E-state index is 2.44. The van der Waals surface area contributed by atoms with Gasteiger partial charge in [0.05, 0.1) is 0 Å². The minimum absolute atomic E-state index is 1.27. The first kappa shape index (κ1) is 10.6. The summed E-state index contributed by atoms with van der Waals surface area (Å²) < 4.78 is 0. The molecule has 0 atom stereocenters. The van der Waals surface area contributed by atoms with Gasteiger partial charge in [-0.2, -0.15) is 0 Å². The molecule has 1 heterocycles. The molecule has 0 aromatic carbocycles. The second kappa shape index (κ2) is 6.99. The Bertz CT molecular complexity index is 134. The molecule has 0 spiro atoms. The summed E-state index contributed by atoms with van der Waals surface area (Å²) in [6.45, 7) is 4.83. The first-order chi connectivity index (χ1) is 6.43. The molecule has 0 aromatic heterocycles. The average molecular weight is 181 g/mol. The van der Waals surface area contributed by atoms with Crippen LogP contribution in [0.4, 0.5) is 0 Å². The summed E-state index contributed by atoms with van der Waals surface area (Å²) in [6, 6.07) is 0. The van der Waals surface area contributed by atoms with Gasteiger partial charge in [-0.25, -0.2) is 0 Å². The van der Waals surface area contributed by atoms with Gasteiger partial charge in [-0.1, -0.05) is 32.3 Å². The maximum Gasteiger partial charge on any atom is 0.0173 e. The third-order valence-electron chi connectivity index (χ3n) is 2.68. The van der Waals surface area contributed by atoms with Gasteiger partial charge in [-0.3, -0.25) is 0 Å². The summed E-state index contributed by atoms with van der Waals surface area (Å²) in [7, 11) is 0. The number of likely N-dealkylation sites (tertiary alicyclic amines) is 1. The molecule has 0 N–H and O–H groups in total. The molecule has 1 rings (SSSR count). The van der Waals surface area contributed by atoms with Crippen LogP contribution in [0, 0.1) is 0 Å². The Kier molecular flexibility index (Phi) is 5.71. The predicted octanol–water partition coefficient (Wildman–Crippen LogP) is 3.57. The molecule has 0 unspecified atom stereocenters. The molecule has 0 amide bonds. The molecule has 13 heavy (non-hydrogen) atoms. The van der Waals surface area contributed by atoms with Crippen molar-refractivity contribution in [3.63, 3.8) is 0 Å². The zero-order chi connectivity index (χ0) is 9.36. The van der Waals surface area contributed by atoms with Crippen LogP contribution in [0.15, 0.2) is 12.3 Å². The van der Waals surface area contributed by atoms with Crippen molar-refractivity contribution in [3.05, 3.63) is 12.3 Å². The van der Waals surface area contributed by atoms with Crippen LogP contribution in [0.3, 0.4) is 0 Å². The lowest BCUT2D eigenvalue weighted by Gasteiger charge is -2.09. The molecular weight excluding hydrogens is 158 g/mol. The van der Waals surface area contributed by atoms with Crippen molar-refractivity contribution in [2.45, 2.75) is 51.9 Å². The van der Waals surface area contributed by atoms with Gasteiger partial charge in [0.1, 0.15) is 0 Å². The Labute approximate surface area is 82.8 Å². The first-order valence-electron chi connectivity index (χ1n) is 5.84. The summed E-state index contributed by atoms with van der Waals surface area (Å²) in [5.74, 6) is 0. The second-order valence-electron chi connectivity index (χ2n) is 3.98. The van der Waals surface area contributed by atoms with E-state index in [-0.39, 0.29) is 0 Å². The highest BCUT2D eigenvalue weighted by molar-refractivity contribution is 4.84. The van der Waals surface area contributed by atoms with E-state index in [9.17, 15) is 0 Å². The maximum absolute atomic E-state index is 2.44. The van der Waals surface area contributed by atoms with Gasteiger partial charge in [0.25, 0.3) is 0 Å². The average Bonchev–Trinajstić information content (AvgIpc) is 2.63. The molecule has 1 aliphatic heterocycles. The largest absolute Gasteiger partial charge is 0.378 e. The summed E-state index contributed by atoms with van der Waals surface area (Å²) in [5.41, 5.74) is 0. The van der Waals surface area contributed by atoms with Crippen LogP contribution in [0.2, 0.25) is 0 Å². The Morgan fingerprint density at radius 1 is 1.08 bits per heavy atom. The molecule has 1 aliphatic rings. The van der Waals surface area contributed by atoms with Crippen molar-refractivity contribution < 1.29 is 0 Å². The van der Waals surface area contributed by atoms with Gasteiger partial charge < -0.3 is 4.90 Å². The number of hydrogen-bond acceptors (Lipinski definition) is 1. The molecule has 1 saturated heterocycles. The van der Waals surface area contributed by atoms with E-state index in [4.69, 9.17) is 0 Å². The molecule has 0 radical (unpaired) electrons. The van der Waals surface area contributed by atoms with Crippen molar-refractivity contribution in [3.8, 4) is 0 Å². The molecule has 0 aliphatic carbocycles. The number of rotatable bonds is 6. The summed E-state index contributed by atoms with van der Waals surface area (Å²) >= 11 is 0. The van der Waals surface area contributed by atoms with E-state index in [0.717, 1.165) is 0 Å². The third kappa shape index (κ3) is 4.97. The Hall–Kier alpha value is -0.460. The van der Waals surface area contributed by atoms with E-state index in [1.807, 2.05) is 0 Å². The Morgan fingerprint density at radius 3 is 2.54 bits per heavy atom. The SMILES string of the molecule is CCCCCCC=CN1CCCC1.